The topological polar surface area (TPSA) is 30.7 Å². The van der Waals surface area contributed by atoms with Crippen molar-refractivity contribution >= 4 is 21.8 Å². The summed E-state index contributed by atoms with van der Waals surface area (Å²) >= 11 is 0. The SMILES string of the molecule is Cc1cc(-c2[c-]cccc2)ncc1-c1ccccc1.Cc1ccnc(-c2[c-]ccc3c4ccccc4n(CC(C)C)c23)c1.[Ir]. The first-order chi connectivity index (χ1) is 21.0. The summed E-state index contributed by atoms with van der Waals surface area (Å²) in [6.07, 6.45) is 3.83. The van der Waals surface area contributed by atoms with Gasteiger partial charge in [0.15, 0.2) is 0 Å². The van der Waals surface area contributed by atoms with E-state index in [2.05, 4.69) is 109 Å². The maximum Gasteiger partial charge on any atom is 0.0391 e. The van der Waals surface area contributed by atoms with E-state index in [0.717, 1.165) is 29.1 Å². The van der Waals surface area contributed by atoms with Crippen LogP contribution in [0.25, 0.3) is 55.4 Å². The Morgan fingerprint density at radius 3 is 2.23 bits per heavy atom. The average molecular weight is 750 g/mol. The van der Waals surface area contributed by atoms with Gasteiger partial charge in [0.1, 0.15) is 0 Å². The number of nitrogens with zero attached hydrogens (tertiary/aromatic N) is 3. The molecule has 3 nitrogen and oxygen atoms in total. The predicted octanol–water partition coefficient (Wildman–Crippen LogP) is 10.1. The molecule has 0 bridgehead atoms. The molecule has 0 amide bonds. The van der Waals surface area contributed by atoms with Crippen LogP contribution in [0.4, 0.5) is 0 Å². The molecule has 0 N–H and O–H groups in total. The first kappa shape index (κ1) is 31.1. The van der Waals surface area contributed by atoms with Crippen LogP contribution in [0.3, 0.4) is 0 Å². The quantitative estimate of drug-likeness (QED) is 0.164. The molecule has 4 aromatic carbocycles. The first-order valence-electron chi connectivity index (χ1n) is 14.8. The van der Waals surface area contributed by atoms with Gasteiger partial charge < -0.3 is 14.5 Å². The molecule has 0 spiro atoms. The molecule has 7 aromatic rings. The number of hydrogen-bond donors (Lipinski definition) is 0. The Labute approximate surface area is 274 Å². The van der Waals surface area contributed by atoms with Crippen molar-refractivity contribution in [1.29, 1.82) is 0 Å². The van der Waals surface area contributed by atoms with E-state index in [1.54, 1.807) is 0 Å². The molecule has 7 rings (SSSR count). The monoisotopic (exact) mass is 750 g/mol. The summed E-state index contributed by atoms with van der Waals surface area (Å²) in [6.45, 7) is 9.74. The zero-order valence-corrected chi connectivity index (χ0v) is 27.9. The Bertz CT molecular complexity index is 1990. The van der Waals surface area contributed by atoms with E-state index in [9.17, 15) is 0 Å². The maximum absolute atomic E-state index is 4.61. The number of aromatic nitrogens is 3. The molecule has 0 saturated carbocycles. The molecular weight excluding hydrogens is 715 g/mol. The largest absolute Gasteiger partial charge is 0.380 e. The van der Waals surface area contributed by atoms with Crippen LogP contribution in [0.15, 0.2) is 122 Å². The van der Waals surface area contributed by atoms with Gasteiger partial charge in [-0.3, -0.25) is 0 Å². The van der Waals surface area contributed by atoms with Gasteiger partial charge in [-0.15, -0.1) is 59.7 Å². The van der Waals surface area contributed by atoms with Crippen molar-refractivity contribution < 1.29 is 20.1 Å². The van der Waals surface area contributed by atoms with Gasteiger partial charge >= 0.3 is 0 Å². The third-order valence-corrected chi connectivity index (χ3v) is 7.62. The van der Waals surface area contributed by atoms with Crippen molar-refractivity contribution in [2.45, 2.75) is 34.2 Å². The molecular formula is C40H35IrN3-2. The van der Waals surface area contributed by atoms with Crippen LogP contribution < -0.4 is 0 Å². The van der Waals surface area contributed by atoms with E-state index in [1.807, 2.05) is 67.0 Å². The van der Waals surface area contributed by atoms with E-state index in [4.69, 9.17) is 0 Å². The third kappa shape index (κ3) is 6.57. The van der Waals surface area contributed by atoms with Crippen LogP contribution in [0, 0.1) is 31.9 Å². The van der Waals surface area contributed by atoms with Crippen LogP contribution >= 0.6 is 0 Å². The van der Waals surface area contributed by atoms with Gasteiger partial charge in [-0.25, -0.2) is 0 Å². The van der Waals surface area contributed by atoms with Crippen LogP contribution in [0.5, 0.6) is 0 Å². The maximum atomic E-state index is 4.61. The average Bonchev–Trinajstić information content (AvgIpc) is 3.35. The molecule has 221 valence electrons. The fourth-order valence-corrected chi connectivity index (χ4v) is 5.64. The Hall–Kier alpha value is -4.37. The zero-order chi connectivity index (χ0) is 29.8. The van der Waals surface area contributed by atoms with Crippen LogP contribution in [0.2, 0.25) is 0 Å². The molecule has 0 saturated heterocycles. The Morgan fingerprint density at radius 1 is 0.727 bits per heavy atom. The van der Waals surface area contributed by atoms with E-state index < -0.39 is 0 Å². The van der Waals surface area contributed by atoms with Crippen molar-refractivity contribution in [1.82, 2.24) is 14.5 Å². The molecule has 4 heteroatoms. The summed E-state index contributed by atoms with van der Waals surface area (Å²) in [5.41, 5.74) is 11.5. The number of benzene rings is 4. The van der Waals surface area contributed by atoms with E-state index >= 15 is 0 Å². The number of para-hydroxylation sites is 1. The molecule has 1 radical (unpaired) electrons. The molecule has 0 aliphatic heterocycles. The molecule has 0 fully saturated rings. The number of rotatable bonds is 5. The van der Waals surface area contributed by atoms with Crippen molar-refractivity contribution in [3.8, 4) is 33.6 Å². The normalized spacial score (nSPS) is 10.8. The van der Waals surface area contributed by atoms with E-state index in [-0.39, 0.29) is 20.1 Å². The zero-order valence-electron chi connectivity index (χ0n) is 25.5. The predicted molar refractivity (Wildman–Crippen MR) is 180 cm³/mol. The van der Waals surface area contributed by atoms with Crippen molar-refractivity contribution in [2.75, 3.05) is 0 Å². The summed E-state index contributed by atoms with van der Waals surface area (Å²) in [5.74, 6) is 0.572. The smallest absolute Gasteiger partial charge is 0.0391 e. The third-order valence-electron chi connectivity index (χ3n) is 7.62. The number of hydrogen-bond acceptors (Lipinski definition) is 2. The summed E-state index contributed by atoms with van der Waals surface area (Å²) < 4.78 is 2.44. The Balaban J connectivity index is 0.000000175. The van der Waals surface area contributed by atoms with Crippen molar-refractivity contribution in [2.24, 2.45) is 5.92 Å². The van der Waals surface area contributed by atoms with Gasteiger partial charge in [-0.1, -0.05) is 85.5 Å². The first-order valence-corrected chi connectivity index (χ1v) is 14.8. The fraction of sp³-hybridized carbons (Fsp3) is 0.150. The van der Waals surface area contributed by atoms with Crippen molar-refractivity contribution in [3.63, 3.8) is 0 Å². The van der Waals surface area contributed by atoms with Gasteiger partial charge in [0, 0.05) is 50.1 Å². The van der Waals surface area contributed by atoms with E-state index in [1.165, 1.54) is 44.1 Å². The van der Waals surface area contributed by atoms with Gasteiger partial charge in [-0.05, 0) is 65.3 Å². The van der Waals surface area contributed by atoms with Gasteiger partial charge in [0.25, 0.3) is 0 Å². The second-order valence-electron chi connectivity index (χ2n) is 11.4. The minimum absolute atomic E-state index is 0. The van der Waals surface area contributed by atoms with Gasteiger partial charge in [0.05, 0.1) is 0 Å². The molecule has 3 aromatic heterocycles. The van der Waals surface area contributed by atoms with Crippen LogP contribution in [-0.4, -0.2) is 14.5 Å². The summed E-state index contributed by atoms with van der Waals surface area (Å²) in [6, 6.07) is 44.1. The minimum Gasteiger partial charge on any atom is -0.380 e. The molecule has 0 aliphatic rings. The summed E-state index contributed by atoms with van der Waals surface area (Å²) in [5, 5.41) is 2.58. The Kier molecular flexibility index (Phi) is 9.85. The van der Waals surface area contributed by atoms with Gasteiger partial charge in [0.2, 0.25) is 0 Å². The number of aryl methyl sites for hydroxylation is 2. The Morgan fingerprint density at radius 2 is 1.50 bits per heavy atom. The molecule has 0 aliphatic carbocycles. The molecule has 0 unspecified atom stereocenters. The second-order valence-corrected chi connectivity index (χ2v) is 11.4. The summed E-state index contributed by atoms with van der Waals surface area (Å²) in [4.78, 5) is 9.16. The number of fused-ring (bicyclic) bond motifs is 3. The number of pyridine rings is 2. The standard InChI is InChI=1S/C22H21N2.C18H14N.Ir/c1-15(2)14-24-21-10-5-4-7-17(21)18-8-6-9-19(22(18)24)20-13-16(3)11-12-23-20;1-14-12-18(16-10-6-3-7-11-16)19-13-17(14)15-8-4-2-5-9-15;/h4-8,10-13,15H,14H2,1-3H3;2-10,12-13H,1H3;/q2*-1;. The summed E-state index contributed by atoms with van der Waals surface area (Å²) in [7, 11) is 0. The molecule has 0 atom stereocenters. The fourth-order valence-electron chi connectivity index (χ4n) is 5.64. The van der Waals surface area contributed by atoms with Crippen LogP contribution in [0.1, 0.15) is 25.0 Å². The minimum atomic E-state index is 0. The van der Waals surface area contributed by atoms with Crippen LogP contribution in [-0.2, 0) is 26.7 Å². The molecule has 44 heavy (non-hydrogen) atoms. The van der Waals surface area contributed by atoms with Crippen molar-refractivity contribution in [3.05, 3.63) is 145 Å². The molecule has 3 heterocycles. The van der Waals surface area contributed by atoms with E-state index in [0.29, 0.717) is 5.92 Å². The van der Waals surface area contributed by atoms with Gasteiger partial charge in [-0.2, -0.15) is 0 Å². The second kappa shape index (κ2) is 13.9.